The number of carboxylic acids is 1. The molecule has 98 valence electrons. The number of aliphatic hydroxyl groups is 2. The third-order valence-electron chi connectivity index (χ3n) is 2.30. The first-order valence-corrected chi connectivity index (χ1v) is 5.33. The van der Waals surface area contributed by atoms with Crippen molar-refractivity contribution in [3.05, 3.63) is 35.4 Å². The Kier molecular flexibility index (Phi) is 4.82. The van der Waals surface area contributed by atoms with Gasteiger partial charge in [-0.2, -0.15) is 0 Å². The molecule has 0 aliphatic heterocycles. The van der Waals surface area contributed by atoms with Crippen LogP contribution in [0.3, 0.4) is 0 Å². The minimum atomic E-state index is -1.74. The van der Waals surface area contributed by atoms with E-state index in [0.717, 1.165) is 0 Å². The summed E-state index contributed by atoms with van der Waals surface area (Å²) < 4.78 is 4.56. The summed E-state index contributed by atoms with van der Waals surface area (Å²) in [6.45, 7) is 1.65. The van der Waals surface area contributed by atoms with Gasteiger partial charge in [-0.05, 0) is 24.6 Å². The van der Waals surface area contributed by atoms with Crippen LogP contribution in [0, 0.1) is 0 Å². The monoisotopic (exact) mass is 254 g/mol. The minimum absolute atomic E-state index is 0.0393. The zero-order valence-corrected chi connectivity index (χ0v) is 9.74. The first kappa shape index (κ1) is 14.1. The Morgan fingerprint density at radius 1 is 1.33 bits per heavy atom. The van der Waals surface area contributed by atoms with E-state index < -0.39 is 24.1 Å². The normalized spacial score (nSPS) is 13.7. The second-order valence-corrected chi connectivity index (χ2v) is 3.57. The Hall–Kier alpha value is -1.92. The molecule has 2 unspecified atom stereocenters. The van der Waals surface area contributed by atoms with Crippen LogP contribution < -0.4 is 0 Å². The molecule has 6 heteroatoms. The second kappa shape index (κ2) is 6.13. The van der Waals surface area contributed by atoms with Gasteiger partial charge in [-0.3, -0.25) is 0 Å². The number of hydrogen-bond donors (Lipinski definition) is 3. The molecule has 0 amide bonds. The SMILES string of the molecule is CCOC(=O)C(O)C(O)c1cccc(C(=O)O)c1. The van der Waals surface area contributed by atoms with E-state index in [4.69, 9.17) is 5.11 Å². The number of esters is 1. The molecule has 18 heavy (non-hydrogen) atoms. The Morgan fingerprint density at radius 3 is 2.56 bits per heavy atom. The van der Waals surface area contributed by atoms with Crippen LogP contribution in [0.15, 0.2) is 24.3 Å². The number of benzene rings is 1. The summed E-state index contributed by atoms with van der Waals surface area (Å²) in [7, 11) is 0. The van der Waals surface area contributed by atoms with E-state index in [-0.39, 0.29) is 17.7 Å². The van der Waals surface area contributed by atoms with Crippen LogP contribution in [-0.4, -0.2) is 40.0 Å². The van der Waals surface area contributed by atoms with Gasteiger partial charge in [0.2, 0.25) is 0 Å². The van der Waals surface area contributed by atoms with Gasteiger partial charge in [0.1, 0.15) is 6.10 Å². The highest BCUT2D eigenvalue weighted by atomic mass is 16.5. The van der Waals surface area contributed by atoms with Crippen LogP contribution in [-0.2, 0) is 9.53 Å². The van der Waals surface area contributed by atoms with Gasteiger partial charge in [-0.1, -0.05) is 12.1 Å². The molecule has 6 nitrogen and oxygen atoms in total. The van der Waals surface area contributed by atoms with Gasteiger partial charge in [-0.15, -0.1) is 0 Å². The highest BCUT2D eigenvalue weighted by molar-refractivity contribution is 5.87. The van der Waals surface area contributed by atoms with Gasteiger partial charge in [0, 0.05) is 0 Å². The number of ether oxygens (including phenoxy) is 1. The van der Waals surface area contributed by atoms with Crippen molar-refractivity contribution in [1.29, 1.82) is 0 Å². The number of carboxylic acid groups (broad SMARTS) is 1. The van der Waals surface area contributed by atoms with Gasteiger partial charge in [0.25, 0.3) is 0 Å². The summed E-state index contributed by atoms with van der Waals surface area (Å²) >= 11 is 0. The van der Waals surface area contributed by atoms with E-state index in [2.05, 4.69) is 4.74 Å². The van der Waals surface area contributed by atoms with E-state index in [9.17, 15) is 19.8 Å². The van der Waals surface area contributed by atoms with Crippen molar-refractivity contribution in [1.82, 2.24) is 0 Å². The molecule has 0 fully saturated rings. The molecule has 0 spiro atoms. The molecule has 1 aromatic rings. The number of rotatable bonds is 5. The van der Waals surface area contributed by atoms with Crippen LogP contribution in [0.1, 0.15) is 28.9 Å². The summed E-state index contributed by atoms with van der Waals surface area (Å²) in [6, 6.07) is 5.37. The Balaban J connectivity index is 2.89. The van der Waals surface area contributed by atoms with Crippen LogP contribution in [0.4, 0.5) is 0 Å². The second-order valence-electron chi connectivity index (χ2n) is 3.57. The van der Waals surface area contributed by atoms with Gasteiger partial charge >= 0.3 is 11.9 Å². The Labute approximate surface area is 103 Å². The topological polar surface area (TPSA) is 104 Å². The molecule has 0 radical (unpaired) electrons. The van der Waals surface area contributed by atoms with E-state index in [1.807, 2.05) is 0 Å². The lowest BCUT2D eigenvalue weighted by atomic mass is 10.0. The van der Waals surface area contributed by atoms with Crippen LogP contribution in [0.2, 0.25) is 0 Å². The first-order valence-electron chi connectivity index (χ1n) is 5.33. The summed E-state index contributed by atoms with van der Waals surface area (Å²) in [4.78, 5) is 22.0. The number of aliphatic hydroxyl groups excluding tert-OH is 2. The van der Waals surface area contributed by atoms with Crippen molar-refractivity contribution in [3.63, 3.8) is 0 Å². The predicted octanol–water partition coefficient (Wildman–Crippen LogP) is 0.342. The zero-order chi connectivity index (χ0) is 13.7. The lowest BCUT2D eigenvalue weighted by molar-refractivity contribution is -0.159. The van der Waals surface area contributed by atoms with E-state index in [0.29, 0.717) is 0 Å². The smallest absolute Gasteiger partial charge is 0.338 e. The molecule has 0 aromatic heterocycles. The molecular formula is C12H14O6. The third-order valence-corrected chi connectivity index (χ3v) is 2.30. The molecule has 2 atom stereocenters. The van der Waals surface area contributed by atoms with Crippen molar-refractivity contribution >= 4 is 11.9 Å². The summed E-state index contributed by atoms with van der Waals surface area (Å²) in [5.41, 5.74) is 0.0954. The fraction of sp³-hybridized carbons (Fsp3) is 0.333. The molecular weight excluding hydrogens is 240 g/mol. The molecule has 1 rings (SSSR count). The van der Waals surface area contributed by atoms with Crippen LogP contribution in [0.25, 0.3) is 0 Å². The summed E-state index contributed by atoms with van der Waals surface area (Å²) in [5, 5.41) is 28.1. The van der Waals surface area contributed by atoms with Crippen molar-refractivity contribution in [2.45, 2.75) is 19.1 Å². The van der Waals surface area contributed by atoms with E-state index in [1.165, 1.54) is 24.3 Å². The number of carbonyl (C=O) groups excluding carboxylic acids is 1. The molecule has 0 heterocycles. The maximum absolute atomic E-state index is 11.2. The number of hydrogen-bond acceptors (Lipinski definition) is 5. The van der Waals surface area contributed by atoms with Gasteiger partial charge < -0.3 is 20.1 Å². The lowest BCUT2D eigenvalue weighted by Crippen LogP contribution is -2.30. The first-order chi connectivity index (χ1) is 8.47. The van der Waals surface area contributed by atoms with Crippen molar-refractivity contribution in [2.75, 3.05) is 6.61 Å². The molecule has 0 saturated carbocycles. The third kappa shape index (κ3) is 3.28. The zero-order valence-electron chi connectivity index (χ0n) is 9.74. The summed E-state index contributed by atoms with van der Waals surface area (Å²) in [5.74, 6) is -2.11. The molecule has 0 bridgehead atoms. The number of aromatic carboxylic acids is 1. The predicted molar refractivity (Wildman–Crippen MR) is 61.0 cm³/mol. The average molecular weight is 254 g/mol. The Morgan fingerprint density at radius 2 is 2.00 bits per heavy atom. The lowest BCUT2D eigenvalue weighted by Gasteiger charge is -2.16. The van der Waals surface area contributed by atoms with Gasteiger partial charge in [0.05, 0.1) is 12.2 Å². The van der Waals surface area contributed by atoms with E-state index in [1.54, 1.807) is 6.92 Å². The highest BCUT2D eigenvalue weighted by Crippen LogP contribution is 2.19. The molecule has 3 N–H and O–H groups in total. The molecule has 0 aliphatic rings. The van der Waals surface area contributed by atoms with Crippen LogP contribution in [0.5, 0.6) is 0 Å². The number of carbonyl (C=O) groups is 2. The Bertz CT molecular complexity index is 442. The largest absolute Gasteiger partial charge is 0.478 e. The van der Waals surface area contributed by atoms with Crippen molar-refractivity contribution in [2.24, 2.45) is 0 Å². The quantitative estimate of drug-likeness (QED) is 0.655. The molecule has 1 aromatic carbocycles. The standard InChI is InChI=1S/C12H14O6/c1-2-18-12(17)10(14)9(13)7-4-3-5-8(6-7)11(15)16/h3-6,9-10,13-14H,2H2,1H3,(H,15,16). The van der Waals surface area contributed by atoms with Gasteiger partial charge in [-0.25, -0.2) is 9.59 Å². The van der Waals surface area contributed by atoms with E-state index >= 15 is 0 Å². The van der Waals surface area contributed by atoms with Crippen molar-refractivity contribution < 1.29 is 29.6 Å². The fourth-order valence-electron chi connectivity index (χ4n) is 1.39. The minimum Gasteiger partial charge on any atom is -0.478 e. The van der Waals surface area contributed by atoms with Gasteiger partial charge in [0.15, 0.2) is 6.10 Å². The maximum atomic E-state index is 11.2. The highest BCUT2D eigenvalue weighted by Gasteiger charge is 2.27. The van der Waals surface area contributed by atoms with Crippen LogP contribution >= 0.6 is 0 Å². The van der Waals surface area contributed by atoms with Crippen molar-refractivity contribution in [3.8, 4) is 0 Å². The average Bonchev–Trinajstić information content (AvgIpc) is 2.37. The fourth-order valence-corrected chi connectivity index (χ4v) is 1.39. The summed E-state index contributed by atoms with van der Waals surface area (Å²) in [6.07, 6.45) is -3.27. The molecule has 0 aliphatic carbocycles. The molecule has 0 saturated heterocycles. The maximum Gasteiger partial charge on any atom is 0.338 e.